The molecule has 0 saturated carbocycles. The van der Waals surface area contributed by atoms with Gasteiger partial charge in [0.2, 0.25) is 0 Å². The Morgan fingerprint density at radius 1 is 1.31 bits per heavy atom. The van der Waals surface area contributed by atoms with E-state index in [2.05, 4.69) is 35.6 Å². The first-order valence-corrected chi connectivity index (χ1v) is 6.17. The van der Waals surface area contributed by atoms with Crippen LogP contribution >= 0.6 is 0 Å². The van der Waals surface area contributed by atoms with Crippen molar-refractivity contribution in [2.75, 3.05) is 20.3 Å². The molecular formula is C14H21NO. The van der Waals surface area contributed by atoms with Crippen LogP contribution in [0.5, 0.6) is 0 Å². The summed E-state index contributed by atoms with van der Waals surface area (Å²) < 4.78 is 5.15. The lowest BCUT2D eigenvalue weighted by molar-refractivity contribution is 0.174. The molecule has 2 heteroatoms. The first kappa shape index (κ1) is 11.6. The first-order valence-electron chi connectivity index (χ1n) is 6.17. The number of ether oxygens (including phenoxy) is 1. The van der Waals surface area contributed by atoms with Crippen molar-refractivity contribution in [3.8, 4) is 0 Å². The minimum atomic E-state index is 0.624. The van der Waals surface area contributed by atoms with E-state index in [1.54, 1.807) is 7.11 Å². The van der Waals surface area contributed by atoms with E-state index in [1.165, 1.54) is 18.4 Å². The summed E-state index contributed by atoms with van der Waals surface area (Å²) in [5, 5.41) is 3.57. The van der Waals surface area contributed by atoms with Crippen LogP contribution in [0.3, 0.4) is 0 Å². The molecule has 1 fully saturated rings. The van der Waals surface area contributed by atoms with Gasteiger partial charge in [0.1, 0.15) is 0 Å². The van der Waals surface area contributed by atoms with E-state index in [-0.39, 0.29) is 0 Å². The van der Waals surface area contributed by atoms with Crippen molar-refractivity contribution in [3.63, 3.8) is 0 Å². The van der Waals surface area contributed by atoms with E-state index in [0.29, 0.717) is 6.04 Å². The molecule has 1 aromatic carbocycles. The highest BCUT2D eigenvalue weighted by atomic mass is 16.5. The Hall–Kier alpha value is -0.860. The maximum atomic E-state index is 5.15. The van der Waals surface area contributed by atoms with Crippen LogP contribution < -0.4 is 5.32 Å². The van der Waals surface area contributed by atoms with Crippen LogP contribution in [0.15, 0.2) is 30.3 Å². The van der Waals surface area contributed by atoms with Gasteiger partial charge in [0.25, 0.3) is 0 Å². The van der Waals surface area contributed by atoms with Crippen molar-refractivity contribution < 1.29 is 4.74 Å². The van der Waals surface area contributed by atoms with Crippen molar-refractivity contribution >= 4 is 0 Å². The second-order valence-corrected chi connectivity index (χ2v) is 4.56. The van der Waals surface area contributed by atoms with E-state index in [9.17, 15) is 0 Å². The van der Waals surface area contributed by atoms with Gasteiger partial charge in [-0.1, -0.05) is 30.3 Å². The van der Waals surface area contributed by atoms with Gasteiger partial charge in [0.15, 0.2) is 0 Å². The van der Waals surface area contributed by atoms with Gasteiger partial charge in [-0.2, -0.15) is 0 Å². The van der Waals surface area contributed by atoms with E-state index < -0.39 is 0 Å². The molecule has 0 aliphatic carbocycles. The van der Waals surface area contributed by atoms with Gasteiger partial charge in [0, 0.05) is 19.8 Å². The molecule has 88 valence electrons. The average molecular weight is 219 g/mol. The smallest absolute Gasteiger partial charge is 0.0477 e. The van der Waals surface area contributed by atoms with Crippen LogP contribution in [-0.2, 0) is 4.74 Å². The minimum Gasteiger partial charge on any atom is -0.385 e. The van der Waals surface area contributed by atoms with Gasteiger partial charge in [-0.3, -0.25) is 0 Å². The van der Waals surface area contributed by atoms with E-state index in [4.69, 9.17) is 4.74 Å². The molecular weight excluding hydrogens is 198 g/mol. The van der Waals surface area contributed by atoms with Crippen LogP contribution in [0.25, 0.3) is 0 Å². The highest BCUT2D eigenvalue weighted by Crippen LogP contribution is 2.28. The molecule has 1 saturated heterocycles. The van der Waals surface area contributed by atoms with Gasteiger partial charge in [-0.25, -0.2) is 0 Å². The number of rotatable bonds is 4. The fraction of sp³-hybridized carbons (Fsp3) is 0.571. The van der Waals surface area contributed by atoms with Crippen molar-refractivity contribution in [1.82, 2.24) is 5.32 Å². The Labute approximate surface area is 98.0 Å². The van der Waals surface area contributed by atoms with Crippen LogP contribution in [0, 0.1) is 0 Å². The summed E-state index contributed by atoms with van der Waals surface area (Å²) in [6.07, 6.45) is 3.63. The van der Waals surface area contributed by atoms with Gasteiger partial charge >= 0.3 is 0 Å². The van der Waals surface area contributed by atoms with Crippen molar-refractivity contribution in [1.29, 1.82) is 0 Å². The normalized spacial score (nSPS) is 25.6. The third kappa shape index (κ3) is 3.06. The molecule has 2 atom stereocenters. The highest BCUT2D eigenvalue weighted by Gasteiger charge is 2.21. The predicted molar refractivity (Wildman–Crippen MR) is 66.7 cm³/mol. The Balaban J connectivity index is 1.91. The SMILES string of the molecule is COCCC1CC(c2ccccc2)CCN1. The third-order valence-electron chi connectivity index (χ3n) is 3.44. The predicted octanol–water partition coefficient (Wildman–Crippen LogP) is 2.56. The molecule has 0 bridgehead atoms. The molecule has 1 aromatic rings. The molecule has 0 spiro atoms. The summed E-state index contributed by atoms with van der Waals surface area (Å²) in [6.45, 7) is 1.99. The third-order valence-corrected chi connectivity index (χ3v) is 3.44. The summed E-state index contributed by atoms with van der Waals surface area (Å²) in [5.74, 6) is 0.726. The molecule has 0 amide bonds. The molecule has 1 aliphatic heterocycles. The molecule has 2 rings (SSSR count). The lowest BCUT2D eigenvalue weighted by Gasteiger charge is -2.30. The van der Waals surface area contributed by atoms with Gasteiger partial charge in [0.05, 0.1) is 0 Å². The van der Waals surface area contributed by atoms with Crippen LogP contribution in [0.4, 0.5) is 0 Å². The van der Waals surface area contributed by atoms with Gasteiger partial charge < -0.3 is 10.1 Å². The van der Waals surface area contributed by atoms with Crippen LogP contribution in [0.2, 0.25) is 0 Å². The maximum absolute atomic E-state index is 5.15. The molecule has 2 unspecified atom stereocenters. The molecule has 1 heterocycles. The van der Waals surface area contributed by atoms with Crippen LogP contribution in [-0.4, -0.2) is 26.3 Å². The monoisotopic (exact) mass is 219 g/mol. The van der Waals surface area contributed by atoms with E-state index in [1.807, 2.05) is 0 Å². The second-order valence-electron chi connectivity index (χ2n) is 4.56. The lowest BCUT2D eigenvalue weighted by atomic mass is 9.85. The zero-order valence-electron chi connectivity index (χ0n) is 9.99. The topological polar surface area (TPSA) is 21.3 Å². The van der Waals surface area contributed by atoms with Crippen LogP contribution in [0.1, 0.15) is 30.7 Å². The molecule has 1 aliphatic rings. The number of hydrogen-bond donors (Lipinski definition) is 1. The summed E-state index contributed by atoms with van der Waals surface area (Å²) in [6, 6.07) is 11.5. The first-order chi connectivity index (χ1) is 7.90. The van der Waals surface area contributed by atoms with Gasteiger partial charge in [-0.05, 0) is 37.3 Å². The Kier molecular flexibility index (Phi) is 4.37. The Morgan fingerprint density at radius 2 is 2.12 bits per heavy atom. The molecule has 0 aromatic heterocycles. The number of piperidine rings is 1. The van der Waals surface area contributed by atoms with Gasteiger partial charge in [-0.15, -0.1) is 0 Å². The standard InChI is InChI=1S/C14H21NO/c1-16-10-8-14-11-13(7-9-15-14)12-5-3-2-4-6-12/h2-6,13-15H,7-11H2,1H3. The average Bonchev–Trinajstić information content (AvgIpc) is 2.38. The summed E-state index contributed by atoms with van der Waals surface area (Å²) in [5.41, 5.74) is 1.49. The fourth-order valence-electron chi connectivity index (χ4n) is 2.51. The molecule has 0 radical (unpaired) electrons. The largest absolute Gasteiger partial charge is 0.385 e. The summed E-state index contributed by atoms with van der Waals surface area (Å²) in [7, 11) is 1.78. The number of methoxy groups -OCH3 is 1. The lowest BCUT2D eigenvalue weighted by Crippen LogP contribution is -2.38. The molecule has 2 nitrogen and oxygen atoms in total. The zero-order chi connectivity index (χ0) is 11.2. The summed E-state index contributed by atoms with van der Waals surface area (Å²) in [4.78, 5) is 0. The zero-order valence-corrected chi connectivity index (χ0v) is 9.99. The van der Waals surface area contributed by atoms with E-state index in [0.717, 1.165) is 25.5 Å². The van der Waals surface area contributed by atoms with Crippen molar-refractivity contribution in [2.24, 2.45) is 0 Å². The number of benzene rings is 1. The van der Waals surface area contributed by atoms with E-state index >= 15 is 0 Å². The van der Waals surface area contributed by atoms with Crippen molar-refractivity contribution in [3.05, 3.63) is 35.9 Å². The molecule has 1 N–H and O–H groups in total. The summed E-state index contributed by atoms with van der Waals surface area (Å²) >= 11 is 0. The number of hydrogen-bond acceptors (Lipinski definition) is 2. The maximum Gasteiger partial charge on any atom is 0.0477 e. The number of nitrogens with one attached hydrogen (secondary N) is 1. The van der Waals surface area contributed by atoms with Crippen molar-refractivity contribution in [2.45, 2.75) is 31.2 Å². The Bertz CT molecular complexity index is 299. The fourth-order valence-corrected chi connectivity index (χ4v) is 2.51. The minimum absolute atomic E-state index is 0.624. The highest BCUT2D eigenvalue weighted by molar-refractivity contribution is 5.20. The Morgan fingerprint density at radius 3 is 2.88 bits per heavy atom. The molecule has 16 heavy (non-hydrogen) atoms. The second kappa shape index (κ2) is 6.02. The quantitative estimate of drug-likeness (QED) is 0.840.